The summed E-state index contributed by atoms with van der Waals surface area (Å²) in [7, 11) is 0. The van der Waals surface area contributed by atoms with Crippen LogP contribution in [0.5, 0.6) is 0 Å². The second kappa shape index (κ2) is 5.11. The molecule has 1 aromatic carbocycles. The van der Waals surface area contributed by atoms with Crippen molar-refractivity contribution in [3.63, 3.8) is 0 Å². The largest absolute Gasteiger partial charge is 0.206 e. The van der Waals surface area contributed by atoms with E-state index >= 15 is 0 Å². The minimum absolute atomic E-state index is 0.117. The zero-order valence-electron chi connectivity index (χ0n) is 10.4. The first-order valence-corrected chi connectivity index (χ1v) is 5.51. The topological polar surface area (TPSA) is 0 Å². The van der Waals surface area contributed by atoms with Gasteiger partial charge in [-0.2, -0.15) is 0 Å². The highest BCUT2D eigenvalue weighted by atomic mass is 19.1. The molecule has 0 saturated carbocycles. The zero-order chi connectivity index (χ0) is 12.3. The number of aryl methyl sites for hydroxylation is 2. The van der Waals surface area contributed by atoms with Crippen LogP contribution in [-0.4, -0.2) is 0 Å². The van der Waals surface area contributed by atoms with Gasteiger partial charge in [-0.05, 0) is 50.3 Å². The number of benzene rings is 1. The second-order valence-electron chi connectivity index (χ2n) is 4.47. The molecule has 0 heterocycles. The van der Waals surface area contributed by atoms with Crippen molar-refractivity contribution in [2.24, 2.45) is 0 Å². The number of halogens is 1. The highest BCUT2D eigenvalue weighted by Gasteiger charge is 2.11. The smallest absolute Gasteiger partial charge is 0.134 e. The Kier molecular flexibility index (Phi) is 4.05. The Hall–Kier alpha value is -1.37. The van der Waals surface area contributed by atoms with Crippen LogP contribution in [0.15, 0.2) is 30.9 Å². The fourth-order valence-corrected chi connectivity index (χ4v) is 1.78. The normalized spacial score (nSPS) is 10.2. The average Bonchev–Trinajstić information content (AvgIpc) is 2.15. The molecule has 0 aromatic heterocycles. The summed E-state index contributed by atoms with van der Waals surface area (Å²) >= 11 is 0. The van der Waals surface area contributed by atoms with Gasteiger partial charge in [0.1, 0.15) is 5.82 Å². The van der Waals surface area contributed by atoms with Crippen LogP contribution < -0.4 is 0 Å². The molecule has 1 heteroatoms. The molecule has 0 unspecified atom stereocenters. The van der Waals surface area contributed by atoms with E-state index in [0.29, 0.717) is 12.0 Å². The van der Waals surface area contributed by atoms with E-state index in [1.165, 1.54) is 0 Å². The van der Waals surface area contributed by atoms with Crippen molar-refractivity contribution in [1.82, 2.24) is 0 Å². The lowest BCUT2D eigenvalue weighted by molar-refractivity contribution is 0.603. The zero-order valence-corrected chi connectivity index (χ0v) is 10.4. The number of hydrogen-bond acceptors (Lipinski definition) is 0. The minimum atomic E-state index is -0.117. The molecule has 0 aliphatic carbocycles. The van der Waals surface area contributed by atoms with Gasteiger partial charge in [-0.1, -0.05) is 24.3 Å². The van der Waals surface area contributed by atoms with E-state index in [-0.39, 0.29) is 5.82 Å². The summed E-state index contributed by atoms with van der Waals surface area (Å²) in [6, 6.07) is 3.82. The Morgan fingerprint density at radius 3 is 2.38 bits per heavy atom. The molecular formula is C15H19F. The van der Waals surface area contributed by atoms with Gasteiger partial charge < -0.3 is 0 Å². The molecule has 0 N–H and O–H groups in total. The van der Waals surface area contributed by atoms with Gasteiger partial charge in [0.2, 0.25) is 0 Å². The van der Waals surface area contributed by atoms with Gasteiger partial charge in [0.25, 0.3) is 0 Å². The molecule has 0 aliphatic heterocycles. The van der Waals surface area contributed by atoms with Gasteiger partial charge in [0, 0.05) is 5.56 Å². The van der Waals surface area contributed by atoms with Crippen LogP contribution in [0.3, 0.4) is 0 Å². The molecular weight excluding hydrogens is 199 g/mol. The maximum Gasteiger partial charge on any atom is 0.134 e. The lowest BCUT2D eigenvalue weighted by Gasteiger charge is -2.11. The summed E-state index contributed by atoms with van der Waals surface area (Å²) in [5.74, 6) is -0.117. The maximum absolute atomic E-state index is 14.1. The maximum atomic E-state index is 14.1. The second-order valence-corrected chi connectivity index (χ2v) is 4.47. The summed E-state index contributed by atoms with van der Waals surface area (Å²) in [6.07, 6.45) is 1.54. The van der Waals surface area contributed by atoms with Crippen LogP contribution in [0.25, 0.3) is 5.57 Å². The SMILES string of the molecule is C=C(C)CCc1ccc(C)c(C(=C)C)c1F. The van der Waals surface area contributed by atoms with E-state index in [1.54, 1.807) is 0 Å². The summed E-state index contributed by atoms with van der Waals surface area (Å²) < 4.78 is 14.1. The molecule has 1 aromatic rings. The van der Waals surface area contributed by atoms with Crippen molar-refractivity contribution in [2.75, 3.05) is 0 Å². The van der Waals surface area contributed by atoms with Gasteiger partial charge in [-0.25, -0.2) is 4.39 Å². The Bertz CT molecular complexity index is 427. The highest BCUT2D eigenvalue weighted by molar-refractivity contribution is 5.65. The number of hydrogen-bond donors (Lipinski definition) is 0. The van der Waals surface area contributed by atoms with E-state index in [1.807, 2.05) is 32.9 Å². The summed E-state index contributed by atoms with van der Waals surface area (Å²) in [4.78, 5) is 0. The van der Waals surface area contributed by atoms with E-state index < -0.39 is 0 Å². The van der Waals surface area contributed by atoms with Crippen molar-refractivity contribution < 1.29 is 4.39 Å². The molecule has 86 valence electrons. The van der Waals surface area contributed by atoms with Gasteiger partial charge >= 0.3 is 0 Å². The molecule has 0 atom stereocenters. The summed E-state index contributed by atoms with van der Waals surface area (Å²) in [6.45, 7) is 13.4. The van der Waals surface area contributed by atoms with Crippen molar-refractivity contribution in [3.8, 4) is 0 Å². The van der Waals surface area contributed by atoms with Gasteiger partial charge in [-0.3, -0.25) is 0 Å². The average molecular weight is 218 g/mol. The Morgan fingerprint density at radius 2 is 1.88 bits per heavy atom. The van der Waals surface area contributed by atoms with Crippen LogP contribution in [-0.2, 0) is 6.42 Å². The van der Waals surface area contributed by atoms with Crippen molar-refractivity contribution in [1.29, 1.82) is 0 Å². The molecule has 16 heavy (non-hydrogen) atoms. The summed E-state index contributed by atoms with van der Waals surface area (Å²) in [5.41, 5.74) is 4.24. The minimum Gasteiger partial charge on any atom is -0.206 e. The molecule has 0 saturated heterocycles. The fourth-order valence-electron chi connectivity index (χ4n) is 1.78. The first-order chi connectivity index (χ1) is 7.43. The third kappa shape index (κ3) is 2.82. The Morgan fingerprint density at radius 1 is 1.25 bits per heavy atom. The van der Waals surface area contributed by atoms with Gasteiger partial charge in [0.15, 0.2) is 0 Å². The van der Waals surface area contributed by atoms with Crippen LogP contribution in [0, 0.1) is 12.7 Å². The molecule has 0 amide bonds. The predicted octanol–water partition coefficient (Wildman–Crippen LogP) is 4.68. The van der Waals surface area contributed by atoms with Crippen molar-refractivity contribution in [3.05, 3.63) is 53.4 Å². The van der Waals surface area contributed by atoms with Crippen LogP contribution in [0.1, 0.15) is 37.0 Å². The number of allylic oxidation sites excluding steroid dienone is 2. The van der Waals surface area contributed by atoms with Gasteiger partial charge in [-0.15, -0.1) is 6.58 Å². The molecule has 0 aliphatic rings. The predicted molar refractivity (Wildman–Crippen MR) is 69.0 cm³/mol. The van der Waals surface area contributed by atoms with Crippen molar-refractivity contribution >= 4 is 5.57 Å². The molecule has 0 nitrogen and oxygen atoms in total. The molecule has 0 fully saturated rings. The third-order valence-corrected chi connectivity index (χ3v) is 2.68. The molecule has 0 radical (unpaired) electrons. The first kappa shape index (κ1) is 12.7. The van der Waals surface area contributed by atoms with Crippen LogP contribution in [0.4, 0.5) is 4.39 Å². The van der Waals surface area contributed by atoms with Crippen molar-refractivity contribution in [2.45, 2.75) is 33.6 Å². The van der Waals surface area contributed by atoms with E-state index in [9.17, 15) is 4.39 Å². The third-order valence-electron chi connectivity index (χ3n) is 2.68. The van der Waals surface area contributed by atoms with E-state index in [0.717, 1.165) is 28.7 Å². The Labute approximate surface area is 97.5 Å². The Balaban J connectivity index is 3.08. The lowest BCUT2D eigenvalue weighted by Crippen LogP contribution is -1.98. The van der Waals surface area contributed by atoms with Gasteiger partial charge in [0.05, 0.1) is 0 Å². The van der Waals surface area contributed by atoms with Crippen LogP contribution >= 0.6 is 0 Å². The van der Waals surface area contributed by atoms with Crippen LogP contribution in [0.2, 0.25) is 0 Å². The first-order valence-electron chi connectivity index (χ1n) is 5.51. The number of rotatable bonds is 4. The summed E-state index contributed by atoms with van der Waals surface area (Å²) in [5, 5.41) is 0. The highest BCUT2D eigenvalue weighted by Crippen LogP contribution is 2.24. The molecule has 0 spiro atoms. The van der Waals surface area contributed by atoms with E-state index in [4.69, 9.17) is 0 Å². The lowest BCUT2D eigenvalue weighted by atomic mass is 9.96. The monoisotopic (exact) mass is 218 g/mol. The van der Waals surface area contributed by atoms with E-state index in [2.05, 4.69) is 13.2 Å². The fraction of sp³-hybridized carbons (Fsp3) is 0.333. The quantitative estimate of drug-likeness (QED) is 0.644. The standard InChI is InChI=1S/C15H19F/c1-10(2)6-8-13-9-7-12(5)14(11(3)4)15(13)16/h7,9H,1,3,6,8H2,2,4-5H3. The molecule has 1 rings (SSSR count). The molecule has 0 bridgehead atoms.